The predicted molar refractivity (Wildman–Crippen MR) is 142 cm³/mol. The first-order valence-corrected chi connectivity index (χ1v) is 11.9. The van der Waals surface area contributed by atoms with Gasteiger partial charge in [-0.3, -0.25) is 9.89 Å². The summed E-state index contributed by atoms with van der Waals surface area (Å²) >= 11 is 0. The maximum atomic E-state index is 5.57. The Kier molecular flexibility index (Phi) is 13.3. The van der Waals surface area contributed by atoms with Gasteiger partial charge in [-0.15, -0.1) is 24.0 Å². The molecule has 0 saturated carbocycles. The number of hydrogen-bond acceptors (Lipinski definition) is 5. The minimum atomic E-state index is 0. The average molecular weight is 560 g/mol. The van der Waals surface area contributed by atoms with E-state index in [1.807, 2.05) is 19.2 Å². The lowest BCUT2D eigenvalue weighted by Gasteiger charge is -2.35. The van der Waals surface area contributed by atoms with E-state index in [0.717, 1.165) is 57.5 Å². The molecule has 7 nitrogen and oxygen atoms in total. The molecule has 0 aliphatic carbocycles. The van der Waals surface area contributed by atoms with Crippen molar-refractivity contribution < 1.29 is 9.47 Å². The fourth-order valence-corrected chi connectivity index (χ4v) is 4.46. The van der Waals surface area contributed by atoms with E-state index in [-0.39, 0.29) is 30.0 Å². The average Bonchev–Trinajstić information content (AvgIpc) is 3.10. The van der Waals surface area contributed by atoms with E-state index in [4.69, 9.17) is 9.47 Å². The Balaban J connectivity index is 0.00000363. The summed E-state index contributed by atoms with van der Waals surface area (Å²) in [5, 5.41) is 7.06. The number of hydrogen-bond donors (Lipinski definition) is 2. The molecule has 182 valence electrons. The van der Waals surface area contributed by atoms with Gasteiger partial charge in [0.1, 0.15) is 5.75 Å². The molecule has 3 rings (SSSR count). The van der Waals surface area contributed by atoms with Crippen molar-refractivity contribution in [2.75, 3.05) is 73.2 Å². The van der Waals surface area contributed by atoms with E-state index >= 15 is 0 Å². The lowest BCUT2D eigenvalue weighted by molar-refractivity contribution is 0.0170. The van der Waals surface area contributed by atoms with Crippen LogP contribution in [0.3, 0.4) is 0 Å². The maximum absolute atomic E-state index is 5.57. The van der Waals surface area contributed by atoms with Crippen LogP contribution in [0, 0.1) is 0 Å². The monoisotopic (exact) mass is 559 g/mol. The molecule has 0 radical (unpaired) electrons. The highest BCUT2D eigenvalue weighted by atomic mass is 127. The first kappa shape index (κ1) is 27.1. The number of likely N-dealkylation sites (tertiary alicyclic amines) is 1. The summed E-state index contributed by atoms with van der Waals surface area (Å²) < 4.78 is 10.9. The maximum Gasteiger partial charge on any atom is 0.191 e. The van der Waals surface area contributed by atoms with Gasteiger partial charge in [-0.25, -0.2) is 0 Å². The largest absolute Gasteiger partial charge is 0.497 e. The smallest absolute Gasteiger partial charge is 0.191 e. The number of nitrogens with one attached hydrogen (secondary N) is 2. The molecule has 2 N–H and O–H groups in total. The number of morpholine rings is 1. The Bertz CT molecular complexity index is 644. The zero-order valence-electron chi connectivity index (χ0n) is 19.9. The van der Waals surface area contributed by atoms with Gasteiger partial charge in [-0.1, -0.05) is 25.0 Å². The minimum Gasteiger partial charge on any atom is -0.497 e. The highest BCUT2D eigenvalue weighted by Crippen LogP contribution is 2.23. The molecule has 1 aromatic carbocycles. The van der Waals surface area contributed by atoms with Crippen molar-refractivity contribution in [1.82, 2.24) is 20.4 Å². The number of nitrogens with zero attached hydrogens (tertiary/aromatic N) is 3. The molecule has 0 aromatic heterocycles. The Labute approximate surface area is 211 Å². The fourth-order valence-electron chi connectivity index (χ4n) is 4.46. The quantitative estimate of drug-likeness (QED) is 0.210. The molecule has 0 amide bonds. The highest BCUT2D eigenvalue weighted by molar-refractivity contribution is 14.0. The molecule has 2 saturated heterocycles. The summed E-state index contributed by atoms with van der Waals surface area (Å²) in [4.78, 5) is 9.55. The summed E-state index contributed by atoms with van der Waals surface area (Å²) in [5.41, 5.74) is 1.28. The van der Waals surface area contributed by atoms with Crippen LogP contribution in [-0.4, -0.2) is 88.9 Å². The van der Waals surface area contributed by atoms with Crippen molar-refractivity contribution in [3.8, 4) is 5.75 Å². The summed E-state index contributed by atoms with van der Waals surface area (Å²) in [6, 6.07) is 8.68. The molecule has 0 bridgehead atoms. The first-order chi connectivity index (χ1) is 15.3. The number of aliphatic imine (C=N–C) groups is 1. The van der Waals surface area contributed by atoms with Crippen LogP contribution in [0.4, 0.5) is 0 Å². The van der Waals surface area contributed by atoms with E-state index in [1.165, 1.54) is 50.9 Å². The van der Waals surface area contributed by atoms with E-state index in [1.54, 1.807) is 7.11 Å². The normalized spacial score (nSPS) is 19.5. The number of rotatable bonds is 9. The molecule has 2 aliphatic heterocycles. The van der Waals surface area contributed by atoms with Gasteiger partial charge in [0.25, 0.3) is 0 Å². The molecular formula is C24H42IN5O2. The SMILES string of the molecule is CN=C(NCCCN1CCCCCC1)NCC(c1ccc(OC)cc1)N1CCOCC1.I. The third-order valence-corrected chi connectivity index (χ3v) is 6.32. The van der Waals surface area contributed by atoms with Crippen molar-refractivity contribution in [3.05, 3.63) is 29.8 Å². The van der Waals surface area contributed by atoms with E-state index in [9.17, 15) is 0 Å². The van der Waals surface area contributed by atoms with Crippen molar-refractivity contribution in [2.24, 2.45) is 4.99 Å². The Morgan fingerprint density at radius 3 is 2.34 bits per heavy atom. The van der Waals surface area contributed by atoms with Crippen LogP contribution >= 0.6 is 24.0 Å². The second-order valence-corrected chi connectivity index (χ2v) is 8.43. The topological polar surface area (TPSA) is 61.4 Å². The van der Waals surface area contributed by atoms with Crippen molar-refractivity contribution in [1.29, 1.82) is 0 Å². The molecular weight excluding hydrogens is 517 g/mol. The van der Waals surface area contributed by atoms with E-state index in [2.05, 4.69) is 37.6 Å². The molecule has 1 aromatic rings. The third-order valence-electron chi connectivity index (χ3n) is 6.32. The number of guanidine groups is 1. The van der Waals surface area contributed by atoms with Gasteiger partial charge in [0.05, 0.1) is 26.4 Å². The second-order valence-electron chi connectivity index (χ2n) is 8.43. The summed E-state index contributed by atoms with van der Waals surface area (Å²) in [6.45, 7) is 8.91. The first-order valence-electron chi connectivity index (χ1n) is 11.9. The van der Waals surface area contributed by atoms with Crippen LogP contribution in [-0.2, 0) is 4.74 Å². The molecule has 32 heavy (non-hydrogen) atoms. The molecule has 2 heterocycles. The Hall–Kier alpha value is -1.10. The standard InChI is InChI=1S/C24H41N5O2.HI/c1-25-24(26-12-7-15-28-13-5-3-4-6-14-28)27-20-23(29-16-18-31-19-17-29)21-8-10-22(30-2)11-9-21;/h8-11,23H,3-7,12-20H2,1-2H3,(H2,25,26,27);1H. The summed E-state index contributed by atoms with van der Waals surface area (Å²) in [5.74, 6) is 1.77. The third kappa shape index (κ3) is 9.03. The summed E-state index contributed by atoms with van der Waals surface area (Å²) in [6.07, 6.45) is 6.63. The number of benzene rings is 1. The number of methoxy groups -OCH3 is 1. The zero-order chi connectivity index (χ0) is 21.7. The predicted octanol–water partition coefficient (Wildman–Crippen LogP) is 3.12. The van der Waals surface area contributed by atoms with E-state index < -0.39 is 0 Å². The van der Waals surface area contributed by atoms with Gasteiger partial charge >= 0.3 is 0 Å². The number of halogens is 1. The van der Waals surface area contributed by atoms with E-state index in [0.29, 0.717) is 0 Å². The van der Waals surface area contributed by atoms with Crippen LogP contribution in [0.15, 0.2) is 29.3 Å². The van der Waals surface area contributed by atoms with Crippen molar-refractivity contribution in [2.45, 2.75) is 38.1 Å². The molecule has 2 fully saturated rings. The molecule has 1 atom stereocenters. The second kappa shape index (κ2) is 15.7. The van der Waals surface area contributed by atoms with Gasteiger partial charge in [0.2, 0.25) is 0 Å². The lowest BCUT2D eigenvalue weighted by Crippen LogP contribution is -2.46. The summed E-state index contributed by atoms with van der Waals surface area (Å²) in [7, 11) is 3.56. The number of ether oxygens (including phenoxy) is 2. The van der Waals surface area contributed by atoms with Crippen LogP contribution in [0.25, 0.3) is 0 Å². The minimum absolute atomic E-state index is 0. The van der Waals surface area contributed by atoms with Crippen LogP contribution in [0.2, 0.25) is 0 Å². The van der Waals surface area contributed by atoms with Crippen LogP contribution in [0.1, 0.15) is 43.7 Å². The van der Waals surface area contributed by atoms with Gasteiger partial charge < -0.3 is 25.0 Å². The van der Waals surface area contributed by atoms with Gasteiger partial charge in [0, 0.05) is 33.2 Å². The molecule has 0 spiro atoms. The van der Waals surface area contributed by atoms with Crippen LogP contribution < -0.4 is 15.4 Å². The Morgan fingerprint density at radius 2 is 1.72 bits per heavy atom. The van der Waals surface area contributed by atoms with Gasteiger partial charge in [-0.05, 0) is 56.6 Å². The molecule has 8 heteroatoms. The van der Waals surface area contributed by atoms with Crippen molar-refractivity contribution >= 4 is 29.9 Å². The van der Waals surface area contributed by atoms with Crippen LogP contribution in [0.5, 0.6) is 5.75 Å². The van der Waals surface area contributed by atoms with Crippen molar-refractivity contribution in [3.63, 3.8) is 0 Å². The Morgan fingerprint density at radius 1 is 1.03 bits per heavy atom. The molecule has 1 unspecified atom stereocenters. The van der Waals surface area contributed by atoms with Gasteiger partial charge in [0.15, 0.2) is 5.96 Å². The zero-order valence-corrected chi connectivity index (χ0v) is 22.2. The fraction of sp³-hybridized carbons (Fsp3) is 0.708. The van der Waals surface area contributed by atoms with Gasteiger partial charge in [-0.2, -0.15) is 0 Å². The highest BCUT2D eigenvalue weighted by Gasteiger charge is 2.23. The lowest BCUT2D eigenvalue weighted by atomic mass is 10.0. The molecule has 2 aliphatic rings.